The maximum absolute atomic E-state index is 5.53. The lowest BCUT2D eigenvalue weighted by molar-refractivity contribution is 0.357. The highest BCUT2D eigenvalue weighted by molar-refractivity contribution is 7.99. The molecule has 0 saturated heterocycles. The molecule has 1 aromatic heterocycles. The first kappa shape index (κ1) is 14.3. The predicted octanol–water partition coefficient (Wildman–Crippen LogP) is 1.16. The van der Waals surface area contributed by atoms with E-state index in [0.29, 0.717) is 0 Å². The summed E-state index contributed by atoms with van der Waals surface area (Å²) in [6.45, 7) is 2.47. The van der Waals surface area contributed by atoms with Crippen LogP contribution in [0.5, 0.6) is 5.75 Å². The zero-order chi connectivity index (χ0) is 14.5. The van der Waals surface area contributed by atoms with Crippen molar-refractivity contribution < 1.29 is 4.74 Å². The maximum Gasteiger partial charge on any atom is 0.209 e. The first-order valence-corrected chi connectivity index (χ1v) is 8.13. The summed E-state index contributed by atoms with van der Waals surface area (Å²) in [6, 6.07) is 6.49. The molecule has 1 aliphatic rings. The van der Waals surface area contributed by atoms with Crippen LogP contribution < -0.4 is 10.1 Å². The third kappa shape index (κ3) is 3.54. The fourth-order valence-corrected chi connectivity index (χ4v) is 3.20. The van der Waals surface area contributed by atoms with Gasteiger partial charge < -0.3 is 10.1 Å². The molecule has 6 nitrogen and oxygen atoms in total. The number of nitrogens with one attached hydrogen (secondary N) is 1. The molecule has 0 spiro atoms. The zero-order valence-corrected chi connectivity index (χ0v) is 12.9. The lowest BCUT2D eigenvalue weighted by Gasteiger charge is -2.05. The smallest absolute Gasteiger partial charge is 0.209 e. The third-order valence-electron chi connectivity index (χ3n) is 3.45. The van der Waals surface area contributed by atoms with Gasteiger partial charge in [0.1, 0.15) is 5.75 Å². The van der Waals surface area contributed by atoms with Crippen molar-refractivity contribution >= 4 is 11.8 Å². The van der Waals surface area contributed by atoms with Gasteiger partial charge >= 0.3 is 0 Å². The molecular formula is C14H19N5OS. The van der Waals surface area contributed by atoms with Gasteiger partial charge in [-0.2, -0.15) is 0 Å². The molecule has 0 atom stereocenters. The minimum absolute atomic E-state index is 0.794. The lowest BCUT2D eigenvalue weighted by atomic mass is 10.1. The second-order valence-corrected chi connectivity index (χ2v) is 5.99. The van der Waals surface area contributed by atoms with Crippen LogP contribution in [0.25, 0.3) is 0 Å². The Morgan fingerprint density at radius 3 is 3.29 bits per heavy atom. The summed E-state index contributed by atoms with van der Waals surface area (Å²) < 4.78 is 7.37. The molecule has 1 aromatic carbocycles. The molecule has 0 aliphatic carbocycles. The van der Waals surface area contributed by atoms with E-state index in [4.69, 9.17) is 4.74 Å². The topological polar surface area (TPSA) is 64.9 Å². The standard InChI is InChI=1S/C14H19N5OS/c1-15-6-7-19-14(16-17-18-19)21-9-5-11-2-3-13-12(10-11)4-8-20-13/h2-3,10,15H,4-9H2,1H3. The quantitative estimate of drug-likeness (QED) is 0.775. The second kappa shape index (κ2) is 6.91. The van der Waals surface area contributed by atoms with Crippen LogP contribution >= 0.6 is 11.8 Å². The van der Waals surface area contributed by atoms with E-state index in [1.807, 2.05) is 11.7 Å². The van der Waals surface area contributed by atoms with E-state index in [9.17, 15) is 0 Å². The van der Waals surface area contributed by atoms with E-state index in [-0.39, 0.29) is 0 Å². The Kier molecular flexibility index (Phi) is 4.72. The average molecular weight is 305 g/mol. The number of thioether (sulfide) groups is 1. The molecule has 0 radical (unpaired) electrons. The third-order valence-corrected chi connectivity index (χ3v) is 4.41. The van der Waals surface area contributed by atoms with Gasteiger partial charge in [-0.15, -0.1) is 5.10 Å². The Balaban J connectivity index is 1.53. The Labute approximate surface area is 128 Å². The fraction of sp³-hybridized carbons (Fsp3) is 0.500. The normalized spacial score (nSPS) is 13.2. The van der Waals surface area contributed by atoms with Crippen molar-refractivity contribution in [3.8, 4) is 5.75 Å². The number of nitrogens with zero attached hydrogens (tertiary/aromatic N) is 4. The van der Waals surface area contributed by atoms with Crippen LogP contribution in [0.4, 0.5) is 0 Å². The van der Waals surface area contributed by atoms with E-state index in [2.05, 4.69) is 39.0 Å². The number of aromatic nitrogens is 4. The van der Waals surface area contributed by atoms with E-state index in [0.717, 1.165) is 49.2 Å². The van der Waals surface area contributed by atoms with Crippen molar-refractivity contribution in [3.05, 3.63) is 29.3 Å². The monoisotopic (exact) mass is 305 g/mol. The molecule has 1 aliphatic heterocycles. The highest BCUT2D eigenvalue weighted by Gasteiger charge is 2.12. The molecular weight excluding hydrogens is 286 g/mol. The van der Waals surface area contributed by atoms with E-state index < -0.39 is 0 Å². The molecule has 0 unspecified atom stereocenters. The van der Waals surface area contributed by atoms with E-state index in [1.165, 1.54) is 11.1 Å². The Morgan fingerprint density at radius 1 is 1.43 bits per heavy atom. The zero-order valence-electron chi connectivity index (χ0n) is 12.1. The first-order chi connectivity index (χ1) is 10.4. The molecule has 0 fully saturated rings. The molecule has 2 heterocycles. The molecule has 1 N–H and O–H groups in total. The molecule has 112 valence electrons. The van der Waals surface area contributed by atoms with Crippen molar-refractivity contribution in [1.29, 1.82) is 0 Å². The minimum Gasteiger partial charge on any atom is -0.493 e. The molecule has 0 amide bonds. The molecule has 0 saturated carbocycles. The van der Waals surface area contributed by atoms with Gasteiger partial charge in [-0.3, -0.25) is 0 Å². The van der Waals surface area contributed by atoms with Crippen molar-refractivity contribution in [1.82, 2.24) is 25.5 Å². The summed E-state index contributed by atoms with van der Waals surface area (Å²) in [7, 11) is 1.93. The Morgan fingerprint density at radius 2 is 2.38 bits per heavy atom. The van der Waals surface area contributed by atoms with Crippen LogP contribution in [0, 0.1) is 0 Å². The number of fused-ring (bicyclic) bond motifs is 1. The van der Waals surface area contributed by atoms with Gasteiger partial charge in [0, 0.05) is 18.7 Å². The van der Waals surface area contributed by atoms with Gasteiger partial charge in [0.25, 0.3) is 0 Å². The van der Waals surface area contributed by atoms with E-state index >= 15 is 0 Å². The van der Waals surface area contributed by atoms with Gasteiger partial charge in [-0.05, 0) is 41.1 Å². The van der Waals surface area contributed by atoms with Crippen molar-refractivity contribution in [2.75, 3.05) is 26.0 Å². The molecule has 3 rings (SSSR count). The fourth-order valence-electron chi connectivity index (χ4n) is 2.31. The van der Waals surface area contributed by atoms with Crippen molar-refractivity contribution in [2.24, 2.45) is 0 Å². The minimum atomic E-state index is 0.794. The van der Waals surface area contributed by atoms with Crippen LogP contribution in [-0.4, -0.2) is 46.2 Å². The number of aryl methyl sites for hydroxylation is 1. The maximum atomic E-state index is 5.53. The number of benzene rings is 1. The average Bonchev–Trinajstić information content (AvgIpc) is 3.13. The van der Waals surface area contributed by atoms with Gasteiger partial charge in [0.15, 0.2) is 0 Å². The number of hydrogen-bond acceptors (Lipinski definition) is 6. The van der Waals surface area contributed by atoms with Crippen LogP contribution in [0.1, 0.15) is 11.1 Å². The molecule has 0 bridgehead atoms. The highest BCUT2D eigenvalue weighted by Crippen LogP contribution is 2.26. The summed E-state index contributed by atoms with van der Waals surface area (Å²) in [5, 5.41) is 15.8. The van der Waals surface area contributed by atoms with Crippen molar-refractivity contribution in [3.63, 3.8) is 0 Å². The second-order valence-electron chi connectivity index (χ2n) is 4.93. The Bertz CT molecular complexity index is 601. The summed E-state index contributed by atoms with van der Waals surface area (Å²) in [5.41, 5.74) is 2.68. The predicted molar refractivity (Wildman–Crippen MR) is 81.8 cm³/mol. The van der Waals surface area contributed by atoms with Gasteiger partial charge in [-0.1, -0.05) is 23.9 Å². The van der Waals surface area contributed by atoms with Crippen LogP contribution in [0.15, 0.2) is 23.4 Å². The van der Waals surface area contributed by atoms with Crippen molar-refractivity contribution in [2.45, 2.75) is 24.5 Å². The molecule has 7 heteroatoms. The summed E-state index contributed by atoms with van der Waals surface area (Å²) in [4.78, 5) is 0. The summed E-state index contributed by atoms with van der Waals surface area (Å²) in [6.07, 6.45) is 2.04. The SMILES string of the molecule is CNCCn1nnnc1SCCc1ccc2c(c1)CCO2. The summed E-state index contributed by atoms with van der Waals surface area (Å²) in [5.74, 6) is 2.02. The first-order valence-electron chi connectivity index (χ1n) is 7.15. The molecule has 2 aromatic rings. The Hall–Kier alpha value is -1.60. The van der Waals surface area contributed by atoms with Gasteiger partial charge in [0.2, 0.25) is 5.16 Å². The van der Waals surface area contributed by atoms with Crippen LogP contribution in [0.3, 0.4) is 0 Å². The van der Waals surface area contributed by atoms with Gasteiger partial charge in [0.05, 0.1) is 13.2 Å². The number of tetrazole rings is 1. The lowest BCUT2D eigenvalue weighted by Crippen LogP contribution is -2.16. The van der Waals surface area contributed by atoms with E-state index in [1.54, 1.807) is 11.8 Å². The van der Waals surface area contributed by atoms with Crippen LogP contribution in [-0.2, 0) is 19.4 Å². The van der Waals surface area contributed by atoms with Crippen LogP contribution in [0.2, 0.25) is 0 Å². The number of hydrogen-bond donors (Lipinski definition) is 1. The number of rotatable bonds is 7. The number of ether oxygens (including phenoxy) is 1. The summed E-state index contributed by atoms with van der Waals surface area (Å²) >= 11 is 1.70. The molecule has 21 heavy (non-hydrogen) atoms. The number of likely N-dealkylation sites (N-methyl/N-ethyl adjacent to an activating group) is 1. The largest absolute Gasteiger partial charge is 0.493 e. The highest BCUT2D eigenvalue weighted by atomic mass is 32.2. The van der Waals surface area contributed by atoms with Gasteiger partial charge in [-0.25, -0.2) is 4.68 Å².